The van der Waals surface area contributed by atoms with Gasteiger partial charge in [-0.15, -0.1) is 11.3 Å². The van der Waals surface area contributed by atoms with E-state index in [1.165, 1.54) is 0 Å². The summed E-state index contributed by atoms with van der Waals surface area (Å²) >= 11 is 1.58. The summed E-state index contributed by atoms with van der Waals surface area (Å²) in [6, 6.07) is 17.5. The molecular weight excluding hydrogens is 384 g/mol. The minimum absolute atomic E-state index is 0.0950. The van der Waals surface area contributed by atoms with E-state index >= 15 is 0 Å². The molecule has 3 heterocycles. The number of rotatable bonds is 4. The number of nitrogens with zero attached hydrogens (tertiary/aromatic N) is 2. The Morgan fingerprint density at radius 1 is 1.03 bits per heavy atom. The van der Waals surface area contributed by atoms with Gasteiger partial charge >= 0.3 is 0 Å². The van der Waals surface area contributed by atoms with Crippen molar-refractivity contribution in [3.63, 3.8) is 0 Å². The van der Waals surface area contributed by atoms with Crippen molar-refractivity contribution in [1.82, 2.24) is 4.98 Å². The predicted octanol–water partition coefficient (Wildman–Crippen LogP) is 4.99. The zero-order valence-electron chi connectivity index (χ0n) is 16.0. The van der Waals surface area contributed by atoms with Crippen LogP contribution in [0.2, 0.25) is 0 Å². The second kappa shape index (κ2) is 6.90. The zero-order valence-corrected chi connectivity index (χ0v) is 16.8. The summed E-state index contributed by atoms with van der Waals surface area (Å²) in [5.41, 5.74) is 3.18. The first-order valence-electron chi connectivity index (χ1n) is 9.21. The zero-order chi connectivity index (χ0) is 20.0. The van der Waals surface area contributed by atoms with Crippen molar-refractivity contribution < 1.29 is 14.3 Å². The molecule has 0 aliphatic carbocycles. The lowest BCUT2D eigenvalue weighted by atomic mass is 9.99. The Kier molecular flexibility index (Phi) is 4.21. The van der Waals surface area contributed by atoms with E-state index < -0.39 is 0 Å². The van der Waals surface area contributed by atoms with E-state index in [1.54, 1.807) is 29.7 Å². The number of aromatic nitrogens is 1. The number of fused-ring (bicyclic) bond motifs is 2. The van der Waals surface area contributed by atoms with Gasteiger partial charge in [-0.05, 0) is 35.9 Å². The molecule has 0 unspecified atom stereocenters. The average molecular weight is 402 g/mol. The lowest BCUT2D eigenvalue weighted by molar-refractivity contribution is 0.103. The highest BCUT2D eigenvalue weighted by atomic mass is 32.1. The third kappa shape index (κ3) is 3.02. The van der Waals surface area contributed by atoms with E-state index in [9.17, 15) is 4.79 Å². The minimum atomic E-state index is -0.0950. The normalized spacial score (nSPS) is 12.3. The van der Waals surface area contributed by atoms with Crippen LogP contribution in [-0.4, -0.2) is 31.7 Å². The number of ether oxygens (including phenoxy) is 2. The number of carbonyl (C=O) groups excluding carboxylic acids is 1. The third-order valence-corrected chi connectivity index (χ3v) is 6.16. The number of thiophene rings is 1. The Hall–Kier alpha value is -3.38. The van der Waals surface area contributed by atoms with Gasteiger partial charge in [0.2, 0.25) is 12.6 Å². The van der Waals surface area contributed by atoms with Crippen LogP contribution in [0.15, 0.2) is 60.8 Å². The first-order valence-corrected chi connectivity index (χ1v) is 10.0. The van der Waals surface area contributed by atoms with Crippen LogP contribution >= 0.6 is 11.3 Å². The van der Waals surface area contributed by atoms with E-state index in [1.807, 2.05) is 37.2 Å². The fraction of sp³-hybridized carbons (Fsp3) is 0.130. The van der Waals surface area contributed by atoms with Crippen molar-refractivity contribution in [1.29, 1.82) is 0 Å². The number of hydrogen-bond donors (Lipinski definition) is 0. The van der Waals surface area contributed by atoms with Crippen molar-refractivity contribution in [2.75, 3.05) is 25.8 Å². The molecule has 5 rings (SSSR count). The number of anilines is 1. The lowest BCUT2D eigenvalue weighted by Gasteiger charge is -2.12. The monoisotopic (exact) mass is 402 g/mol. The average Bonchev–Trinajstić information content (AvgIpc) is 3.35. The molecule has 2 aromatic heterocycles. The van der Waals surface area contributed by atoms with Crippen molar-refractivity contribution in [2.24, 2.45) is 0 Å². The first kappa shape index (κ1) is 17.7. The summed E-state index contributed by atoms with van der Waals surface area (Å²) in [5, 5.41) is 0.863. The molecule has 2 aromatic carbocycles. The highest BCUT2D eigenvalue weighted by molar-refractivity contribution is 7.22. The largest absolute Gasteiger partial charge is 0.454 e. The Balaban J connectivity index is 1.73. The van der Waals surface area contributed by atoms with Gasteiger partial charge in [0.05, 0.1) is 5.56 Å². The summed E-state index contributed by atoms with van der Waals surface area (Å²) in [6.45, 7) is 0.203. The molecule has 29 heavy (non-hydrogen) atoms. The molecule has 0 saturated heterocycles. The highest BCUT2D eigenvalue weighted by Gasteiger charge is 2.25. The fourth-order valence-electron chi connectivity index (χ4n) is 3.45. The van der Waals surface area contributed by atoms with Crippen molar-refractivity contribution in [3.05, 3.63) is 72.1 Å². The van der Waals surface area contributed by atoms with Gasteiger partial charge in [0.1, 0.15) is 5.69 Å². The molecule has 144 valence electrons. The van der Waals surface area contributed by atoms with E-state index in [-0.39, 0.29) is 12.6 Å². The van der Waals surface area contributed by atoms with E-state index in [2.05, 4.69) is 29.2 Å². The standard InChI is InChI=1S/C23H18N2O3S/c1-25(2)15-8-6-14(7-9-15)23-21(22(26)17-5-3-4-10-24-17)16-11-18-19(28-13-27-18)12-20(16)29-23/h3-12H,13H2,1-2H3. The number of benzene rings is 2. The van der Waals surface area contributed by atoms with Crippen molar-refractivity contribution in [2.45, 2.75) is 0 Å². The van der Waals surface area contributed by atoms with Gasteiger partial charge in [-0.25, -0.2) is 0 Å². The molecule has 1 aliphatic rings. The van der Waals surface area contributed by atoms with Gasteiger partial charge in [0.25, 0.3) is 0 Å². The predicted molar refractivity (Wildman–Crippen MR) is 115 cm³/mol. The molecule has 1 aliphatic heterocycles. The van der Waals surface area contributed by atoms with Crippen LogP contribution in [-0.2, 0) is 0 Å². The molecule has 5 nitrogen and oxygen atoms in total. The van der Waals surface area contributed by atoms with E-state index in [0.717, 1.165) is 26.2 Å². The molecule has 0 amide bonds. The molecule has 0 radical (unpaired) electrons. The second-order valence-electron chi connectivity index (χ2n) is 6.99. The molecule has 0 saturated carbocycles. The summed E-state index contributed by atoms with van der Waals surface area (Å²) in [7, 11) is 4.01. The van der Waals surface area contributed by atoms with Gasteiger partial charge in [-0.3, -0.25) is 9.78 Å². The third-order valence-electron chi connectivity index (χ3n) is 4.95. The molecule has 0 N–H and O–H groups in total. The minimum Gasteiger partial charge on any atom is -0.454 e. The van der Waals surface area contributed by atoms with Crippen molar-refractivity contribution >= 4 is 32.9 Å². The smallest absolute Gasteiger partial charge is 0.231 e. The topological polar surface area (TPSA) is 51.7 Å². The van der Waals surface area contributed by atoms with Gasteiger partial charge < -0.3 is 14.4 Å². The van der Waals surface area contributed by atoms with E-state index in [4.69, 9.17) is 9.47 Å². The van der Waals surface area contributed by atoms with Crippen LogP contribution in [0.4, 0.5) is 5.69 Å². The van der Waals surface area contributed by atoms with Gasteiger partial charge in [-0.1, -0.05) is 18.2 Å². The van der Waals surface area contributed by atoms with Gasteiger partial charge in [-0.2, -0.15) is 0 Å². The first-order chi connectivity index (χ1) is 14.1. The number of ketones is 1. The van der Waals surface area contributed by atoms with Crippen LogP contribution in [0.25, 0.3) is 20.5 Å². The van der Waals surface area contributed by atoms with Crippen LogP contribution in [0.3, 0.4) is 0 Å². The fourth-order valence-corrected chi connectivity index (χ4v) is 4.67. The maximum absolute atomic E-state index is 13.5. The summed E-state index contributed by atoms with van der Waals surface area (Å²) in [5.74, 6) is 1.28. The number of carbonyl (C=O) groups is 1. The molecule has 4 aromatic rings. The molecule has 0 fully saturated rings. The van der Waals surface area contributed by atoms with Crippen LogP contribution in [0, 0.1) is 0 Å². The quantitative estimate of drug-likeness (QED) is 0.450. The Morgan fingerprint density at radius 2 is 1.79 bits per heavy atom. The summed E-state index contributed by atoms with van der Waals surface area (Å²) in [6.07, 6.45) is 1.64. The van der Waals surface area contributed by atoms with Gasteiger partial charge in [0, 0.05) is 47.0 Å². The molecule has 6 heteroatoms. The molecule has 0 atom stereocenters. The summed E-state index contributed by atoms with van der Waals surface area (Å²) < 4.78 is 12.1. The highest BCUT2D eigenvalue weighted by Crippen LogP contribution is 2.45. The van der Waals surface area contributed by atoms with Crippen LogP contribution in [0.1, 0.15) is 16.1 Å². The van der Waals surface area contributed by atoms with E-state index in [0.29, 0.717) is 22.8 Å². The molecule has 0 bridgehead atoms. The van der Waals surface area contributed by atoms with Crippen LogP contribution in [0.5, 0.6) is 11.5 Å². The molecular formula is C23H18N2O3S. The Labute approximate surface area is 172 Å². The number of pyridine rings is 1. The maximum Gasteiger partial charge on any atom is 0.231 e. The maximum atomic E-state index is 13.5. The van der Waals surface area contributed by atoms with Crippen molar-refractivity contribution in [3.8, 4) is 21.9 Å². The second-order valence-corrected chi connectivity index (χ2v) is 8.05. The summed E-state index contributed by atoms with van der Waals surface area (Å²) in [4.78, 5) is 20.7. The number of hydrogen-bond acceptors (Lipinski definition) is 6. The van der Waals surface area contributed by atoms with Gasteiger partial charge in [0.15, 0.2) is 11.5 Å². The SMILES string of the molecule is CN(C)c1ccc(-c2sc3cc4c(cc3c2C(=O)c2ccccn2)OCO4)cc1. The Bertz CT molecular complexity index is 1210. The Morgan fingerprint density at radius 3 is 2.48 bits per heavy atom. The molecule has 0 spiro atoms. The van der Waals surface area contributed by atoms with Crippen LogP contribution < -0.4 is 14.4 Å². The lowest BCUT2D eigenvalue weighted by Crippen LogP contribution is -2.08.